The molecule has 0 amide bonds. The number of nitrogens with zero attached hydrogens (tertiary/aromatic N) is 1. The van der Waals surface area contributed by atoms with E-state index in [0.717, 1.165) is 23.7 Å². The first-order chi connectivity index (χ1) is 10.1. The van der Waals surface area contributed by atoms with Gasteiger partial charge in [-0.15, -0.1) is 0 Å². The highest BCUT2D eigenvalue weighted by molar-refractivity contribution is 6.31. The molecule has 3 heteroatoms. The van der Waals surface area contributed by atoms with E-state index >= 15 is 0 Å². The van der Waals surface area contributed by atoms with E-state index in [2.05, 4.69) is 56.2 Å². The fourth-order valence-electron chi connectivity index (χ4n) is 4.16. The van der Waals surface area contributed by atoms with Crippen LogP contribution in [0.1, 0.15) is 56.7 Å². The Bertz CT molecular complexity index is 462. The molecule has 0 aliphatic heterocycles. The molecular weight excluding hydrogens is 280 g/mol. The first kappa shape index (κ1) is 16.8. The second kappa shape index (κ2) is 7.13. The minimum atomic E-state index is 0.233. The molecule has 0 saturated heterocycles. The third-order valence-corrected chi connectivity index (χ3v) is 5.63. The van der Waals surface area contributed by atoms with Crippen LogP contribution in [0.25, 0.3) is 0 Å². The van der Waals surface area contributed by atoms with Gasteiger partial charge >= 0.3 is 0 Å². The van der Waals surface area contributed by atoms with E-state index in [9.17, 15) is 0 Å². The number of hydrogen-bond acceptors (Lipinski definition) is 2. The molecule has 1 fully saturated rings. The average molecular weight is 309 g/mol. The van der Waals surface area contributed by atoms with Gasteiger partial charge in [0.25, 0.3) is 0 Å². The Morgan fingerprint density at radius 1 is 1.24 bits per heavy atom. The molecular formula is C18H29ClN2. The van der Waals surface area contributed by atoms with Crippen LogP contribution in [0.2, 0.25) is 5.02 Å². The number of rotatable bonds is 6. The van der Waals surface area contributed by atoms with Crippen molar-refractivity contribution in [2.75, 3.05) is 20.1 Å². The van der Waals surface area contributed by atoms with Crippen LogP contribution in [0.5, 0.6) is 0 Å². The summed E-state index contributed by atoms with van der Waals surface area (Å²) in [5.41, 5.74) is 2.71. The predicted molar refractivity (Wildman–Crippen MR) is 92.1 cm³/mol. The molecule has 2 nitrogen and oxygen atoms in total. The Labute approximate surface area is 134 Å². The number of halogens is 1. The zero-order valence-electron chi connectivity index (χ0n) is 13.9. The van der Waals surface area contributed by atoms with E-state index in [0.29, 0.717) is 6.04 Å². The Morgan fingerprint density at radius 2 is 1.86 bits per heavy atom. The van der Waals surface area contributed by atoms with Crippen molar-refractivity contribution in [2.24, 2.45) is 0 Å². The van der Waals surface area contributed by atoms with E-state index in [4.69, 9.17) is 11.6 Å². The maximum absolute atomic E-state index is 6.37. The largest absolute Gasteiger partial charge is 0.311 e. The lowest BCUT2D eigenvalue weighted by Gasteiger charge is -2.46. The van der Waals surface area contributed by atoms with Crippen molar-refractivity contribution in [1.29, 1.82) is 0 Å². The number of likely N-dealkylation sites (N-methyl/N-ethyl adjacent to an activating group) is 2. The summed E-state index contributed by atoms with van der Waals surface area (Å²) >= 11 is 6.37. The highest BCUT2D eigenvalue weighted by atomic mass is 35.5. The summed E-state index contributed by atoms with van der Waals surface area (Å²) in [6.07, 6.45) is 5.19. The van der Waals surface area contributed by atoms with Crippen LogP contribution >= 0.6 is 11.6 Å². The van der Waals surface area contributed by atoms with Gasteiger partial charge in [-0.3, -0.25) is 4.90 Å². The van der Waals surface area contributed by atoms with Crippen molar-refractivity contribution >= 4 is 11.6 Å². The van der Waals surface area contributed by atoms with Crippen LogP contribution in [-0.2, 0) is 0 Å². The standard InChI is InChI=1S/C18H29ClN2/c1-5-21(6-2)18(11-7-8-12-18)17(20-4)15-10-9-14(3)16(19)13-15/h9-10,13,17,20H,5-8,11-12H2,1-4H3. The Morgan fingerprint density at radius 3 is 2.33 bits per heavy atom. The lowest BCUT2D eigenvalue weighted by atomic mass is 9.81. The Kier molecular flexibility index (Phi) is 5.70. The number of nitrogens with one attached hydrogen (secondary N) is 1. The first-order valence-electron chi connectivity index (χ1n) is 8.27. The quantitative estimate of drug-likeness (QED) is 0.828. The Hall–Kier alpha value is -0.570. The predicted octanol–water partition coefficient (Wildman–Crippen LogP) is 4.56. The average Bonchev–Trinajstić information content (AvgIpc) is 2.95. The first-order valence-corrected chi connectivity index (χ1v) is 8.65. The molecule has 1 unspecified atom stereocenters. The molecule has 0 aromatic heterocycles. The number of hydrogen-bond donors (Lipinski definition) is 1. The molecule has 1 aromatic carbocycles. The summed E-state index contributed by atoms with van der Waals surface area (Å²) in [6, 6.07) is 6.89. The minimum absolute atomic E-state index is 0.233. The fraction of sp³-hybridized carbons (Fsp3) is 0.667. The molecule has 0 spiro atoms. The van der Waals surface area contributed by atoms with Gasteiger partial charge in [-0.1, -0.05) is 50.4 Å². The van der Waals surface area contributed by atoms with Gasteiger partial charge in [0.05, 0.1) is 6.04 Å². The van der Waals surface area contributed by atoms with E-state index in [1.165, 1.54) is 31.2 Å². The van der Waals surface area contributed by atoms with Crippen molar-refractivity contribution in [3.05, 3.63) is 34.3 Å². The zero-order chi connectivity index (χ0) is 15.5. The third-order valence-electron chi connectivity index (χ3n) is 5.22. The van der Waals surface area contributed by atoms with E-state index in [-0.39, 0.29) is 5.54 Å². The van der Waals surface area contributed by atoms with Crippen LogP contribution in [0, 0.1) is 6.92 Å². The normalized spacial score (nSPS) is 19.1. The SMILES string of the molecule is CCN(CC)C1(C(NC)c2ccc(C)c(Cl)c2)CCCC1. The molecule has 1 saturated carbocycles. The van der Waals surface area contributed by atoms with Gasteiger partial charge in [0.15, 0.2) is 0 Å². The van der Waals surface area contributed by atoms with Crippen molar-refractivity contribution < 1.29 is 0 Å². The van der Waals surface area contributed by atoms with Crippen LogP contribution < -0.4 is 5.32 Å². The monoisotopic (exact) mass is 308 g/mol. The topological polar surface area (TPSA) is 15.3 Å². The summed E-state index contributed by atoms with van der Waals surface area (Å²) in [7, 11) is 2.09. The van der Waals surface area contributed by atoms with Crippen LogP contribution in [0.15, 0.2) is 18.2 Å². The van der Waals surface area contributed by atoms with Crippen molar-refractivity contribution in [3.8, 4) is 0 Å². The van der Waals surface area contributed by atoms with Gasteiger partial charge < -0.3 is 5.32 Å². The molecule has 1 atom stereocenters. The second-order valence-corrected chi connectivity index (χ2v) is 6.62. The zero-order valence-corrected chi connectivity index (χ0v) is 14.6. The van der Waals surface area contributed by atoms with Gasteiger partial charge in [-0.2, -0.15) is 0 Å². The number of benzene rings is 1. The molecule has 1 N–H and O–H groups in total. The van der Waals surface area contributed by atoms with Crippen LogP contribution in [-0.4, -0.2) is 30.6 Å². The summed E-state index contributed by atoms with van der Waals surface area (Å²) in [6.45, 7) is 8.83. The highest BCUT2D eigenvalue weighted by Gasteiger charge is 2.44. The van der Waals surface area contributed by atoms with E-state index in [1.54, 1.807) is 0 Å². The van der Waals surface area contributed by atoms with Gasteiger partial charge in [-0.25, -0.2) is 0 Å². The molecule has 21 heavy (non-hydrogen) atoms. The fourth-order valence-corrected chi connectivity index (χ4v) is 4.35. The number of aryl methyl sites for hydroxylation is 1. The summed E-state index contributed by atoms with van der Waals surface area (Å²) in [5.74, 6) is 0. The molecule has 1 aliphatic rings. The maximum Gasteiger partial charge on any atom is 0.0505 e. The molecule has 118 valence electrons. The Balaban J connectivity index is 2.42. The van der Waals surface area contributed by atoms with Gasteiger partial charge in [0, 0.05) is 10.6 Å². The van der Waals surface area contributed by atoms with Crippen molar-refractivity contribution in [2.45, 2.75) is 58.0 Å². The lowest BCUT2D eigenvalue weighted by Crippen LogP contribution is -2.54. The van der Waals surface area contributed by atoms with E-state index in [1.807, 2.05) is 0 Å². The molecule has 1 aliphatic carbocycles. The highest BCUT2D eigenvalue weighted by Crippen LogP contribution is 2.44. The minimum Gasteiger partial charge on any atom is -0.311 e. The van der Waals surface area contributed by atoms with Gasteiger partial charge in [-0.05, 0) is 57.1 Å². The van der Waals surface area contributed by atoms with E-state index < -0.39 is 0 Å². The molecule has 0 bridgehead atoms. The smallest absolute Gasteiger partial charge is 0.0505 e. The van der Waals surface area contributed by atoms with Crippen LogP contribution in [0.3, 0.4) is 0 Å². The molecule has 0 radical (unpaired) electrons. The van der Waals surface area contributed by atoms with Gasteiger partial charge in [0.2, 0.25) is 0 Å². The maximum atomic E-state index is 6.37. The van der Waals surface area contributed by atoms with Crippen LogP contribution in [0.4, 0.5) is 0 Å². The summed E-state index contributed by atoms with van der Waals surface area (Å²) in [5, 5.41) is 4.47. The molecule has 2 rings (SSSR count). The van der Waals surface area contributed by atoms with Crippen molar-refractivity contribution in [1.82, 2.24) is 10.2 Å². The van der Waals surface area contributed by atoms with Gasteiger partial charge in [0.1, 0.15) is 0 Å². The lowest BCUT2D eigenvalue weighted by molar-refractivity contribution is 0.0655. The third kappa shape index (κ3) is 3.13. The molecule has 1 aromatic rings. The summed E-state index contributed by atoms with van der Waals surface area (Å²) in [4.78, 5) is 2.65. The second-order valence-electron chi connectivity index (χ2n) is 6.21. The summed E-state index contributed by atoms with van der Waals surface area (Å²) < 4.78 is 0. The van der Waals surface area contributed by atoms with Crippen molar-refractivity contribution in [3.63, 3.8) is 0 Å². The molecule has 0 heterocycles.